The summed E-state index contributed by atoms with van der Waals surface area (Å²) in [4.78, 5) is 51.6. The summed E-state index contributed by atoms with van der Waals surface area (Å²) in [5.74, 6) is -0.690. The van der Waals surface area contributed by atoms with Crippen molar-refractivity contribution in [3.05, 3.63) is 74.9 Å². The Morgan fingerprint density at radius 3 is 2.43 bits per heavy atom. The molecule has 0 fully saturated rings. The minimum Gasteiger partial charge on any atom is -0.306 e. The first-order valence-electron chi connectivity index (χ1n) is 8.80. The number of benzene rings is 2. The molecule has 8 heteroatoms. The maximum Gasteiger partial charge on any atom is 0.333 e. The van der Waals surface area contributed by atoms with Crippen molar-refractivity contribution in [2.24, 2.45) is 5.92 Å². The van der Waals surface area contributed by atoms with Crippen LogP contribution < -0.4 is 22.1 Å². The Morgan fingerprint density at radius 2 is 1.75 bits per heavy atom. The number of carbonyl (C=O) groups excluding carboxylic acids is 2. The van der Waals surface area contributed by atoms with Gasteiger partial charge in [0.05, 0.1) is 16.6 Å². The summed E-state index contributed by atoms with van der Waals surface area (Å²) in [6.07, 6.45) is 0.282. The molecule has 0 aliphatic rings. The molecule has 0 aliphatic carbocycles. The first-order valence-corrected chi connectivity index (χ1v) is 8.80. The maximum atomic E-state index is 12.7. The third kappa shape index (κ3) is 4.01. The molecule has 0 radical (unpaired) electrons. The molecular formula is C20H20N4O4. The van der Waals surface area contributed by atoms with Crippen molar-refractivity contribution < 1.29 is 9.59 Å². The van der Waals surface area contributed by atoms with E-state index in [9.17, 15) is 19.2 Å². The van der Waals surface area contributed by atoms with Crippen LogP contribution in [0.2, 0.25) is 0 Å². The Kier molecular flexibility index (Phi) is 5.39. The number of nitrogens with one attached hydrogen (secondary N) is 3. The van der Waals surface area contributed by atoms with Crippen molar-refractivity contribution in [3.63, 3.8) is 0 Å². The molecule has 2 amide bonds. The number of hydrogen-bond donors (Lipinski definition) is 3. The fraction of sp³-hybridized carbons (Fsp3) is 0.200. The number of H-pyrrole nitrogens is 1. The summed E-state index contributed by atoms with van der Waals surface area (Å²) < 4.78 is 1.04. The van der Waals surface area contributed by atoms with Gasteiger partial charge in [-0.3, -0.25) is 25.2 Å². The summed E-state index contributed by atoms with van der Waals surface area (Å²) in [6, 6.07) is 12.9. The van der Waals surface area contributed by atoms with Gasteiger partial charge in [-0.05, 0) is 36.2 Å². The van der Waals surface area contributed by atoms with E-state index in [4.69, 9.17) is 0 Å². The highest BCUT2D eigenvalue weighted by Crippen LogP contribution is 2.10. The second-order valence-corrected chi connectivity index (χ2v) is 6.77. The SMILES string of the molecule is CC(C)CC(=O)NNC(=O)c1ccc2c(=O)n(-c3ccccc3)c(=O)[nH]c2c1. The first kappa shape index (κ1) is 19.1. The van der Waals surface area contributed by atoms with Gasteiger partial charge in [0.1, 0.15) is 0 Å². The van der Waals surface area contributed by atoms with E-state index in [1.54, 1.807) is 30.3 Å². The van der Waals surface area contributed by atoms with Gasteiger partial charge in [-0.1, -0.05) is 32.0 Å². The lowest BCUT2D eigenvalue weighted by atomic mass is 10.1. The van der Waals surface area contributed by atoms with Gasteiger partial charge in [-0.2, -0.15) is 0 Å². The van der Waals surface area contributed by atoms with Crippen LogP contribution >= 0.6 is 0 Å². The summed E-state index contributed by atoms with van der Waals surface area (Å²) in [5.41, 5.74) is 4.46. The molecule has 3 rings (SSSR count). The van der Waals surface area contributed by atoms with Crippen molar-refractivity contribution in [2.45, 2.75) is 20.3 Å². The number of aromatic amines is 1. The third-order valence-corrected chi connectivity index (χ3v) is 4.08. The zero-order valence-electron chi connectivity index (χ0n) is 15.5. The van der Waals surface area contributed by atoms with Gasteiger partial charge in [0, 0.05) is 12.0 Å². The van der Waals surface area contributed by atoms with Crippen LogP contribution in [0.5, 0.6) is 0 Å². The monoisotopic (exact) mass is 380 g/mol. The average molecular weight is 380 g/mol. The fourth-order valence-corrected chi connectivity index (χ4v) is 2.79. The van der Waals surface area contributed by atoms with E-state index in [2.05, 4.69) is 15.8 Å². The molecule has 0 unspecified atom stereocenters. The molecule has 3 N–H and O–H groups in total. The topological polar surface area (TPSA) is 113 Å². The molecule has 0 spiro atoms. The minimum atomic E-state index is -0.605. The number of fused-ring (bicyclic) bond motifs is 1. The van der Waals surface area contributed by atoms with E-state index in [-0.39, 0.29) is 34.7 Å². The normalized spacial score (nSPS) is 10.8. The Hall–Kier alpha value is -3.68. The molecule has 0 saturated carbocycles. The Morgan fingerprint density at radius 1 is 1.04 bits per heavy atom. The highest BCUT2D eigenvalue weighted by atomic mass is 16.2. The summed E-state index contributed by atoms with van der Waals surface area (Å²) in [5, 5.41) is 0.267. The molecule has 0 aliphatic heterocycles. The van der Waals surface area contributed by atoms with Crippen molar-refractivity contribution in [1.82, 2.24) is 20.4 Å². The molecule has 3 aromatic rings. The second-order valence-electron chi connectivity index (χ2n) is 6.77. The predicted molar refractivity (Wildman–Crippen MR) is 105 cm³/mol. The smallest absolute Gasteiger partial charge is 0.306 e. The van der Waals surface area contributed by atoms with Crippen molar-refractivity contribution in [3.8, 4) is 5.69 Å². The number of amides is 2. The largest absolute Gasteiger partial charge is 0.333 e. The summed E-state index contributed by atoms with van der Waals surface area (Å²) >= 11 is 0. The van der Waals surface area contributed by atoms with Gasteiger partial charge in [0.2, 0.25) is 5.91 Å². The van der Waals surface area contributed by atoms with Gasteiger partial charge in [-0.25, -0.2) is 9.36 Å². The molecule has 1 heterocycles. The summed E-state index contributed by atoms with van der Waals surface area (Å²) in [6.45, 7) is 3.78. The second kappa shape index (κ2) is 7.91. The summed E-state index contributed by atoms with van der Waals surface area (Å²) in [7, 11) is 0. The van der Waals surface area contributed by atoms with E-state index in [1.165, 1.54) is 18.2 Å². The van der Waals surface area contributed by atoms with Crippen molar-refractivity contribution in [1.29, 1.82) is 0 Å². The van der Waals surface area contributed by atoms with Crippen LogP contribution in [-0.2, 0) is 4.79 Å². The molecule has 0 atom stereocenters. The van der Waals surface area contributed by atoms with Gasteiger partial charge in [-0.15, -0.1) is 0 Å². The first-order chi connectivity index (χ1) is 13.4. The molecule has 0 saturated heterocycles. The number of aromatic nitrogens is 2. The quantitative estimate of drug-likeness (QED) is 0.595. The van der Waals surface area contributed by atoms with E-state index >= 15 is 0 Å². The molecule has 0 bridgehead atoms. The average Bonchev–Trinajstić information content (AvgIpc) is 2.66. The number of hydrazine groups is 1. The van der Waals surface area contributed by atoms with Crippen LogP contribution in [0, 0.1) is 5.92 Å². The van der Waals surface area contributed by atoms with Gasteiger partial charge >= 0.3 is 5.69 Å². The standard InChI is InChI=1S/C20H20N4O4/c1-12(2)10-17(25)22-23-18(26)13-8-9-15-16(11-13)21-20(28)24(19(15)27)14-6-4-3-5-7-14/h3-9,11-12H,10H2,1-2H3,(H,21,28)(H,22,25)(H,23,26). The molecule has 2 aromatic carbocycles. The molecule has 1 aromatic heterocycles. The lowest BCUT2D eigenvalue weighted by Crippen LogP contribution is -2.42. The predicted octanol–water partition coefficient (Wildman–Crippen LogP) is 1.49. The zero-order valence-corrected chi connectivity index (χ0v) is 15.5. The van der Waals surface area contributed by atoms with E-state index < -0.39 is 17.2 Å². The number of nitrogens with zero attached hydrogens (tertiary/aromatic N) is 1. The maximum absolute atomic E-state index is 12.7. The number of para-hydroxylation sites is 1. The number of carbonyl (C=O) groups is 2. The van der Waals surface area contributed by atoms with Crippen molar-refractivity contribution >= 4 is 22.7 Å². The highest BCUT2D eigenvalue weighted by Gasteiger charge is 2.13. The van der Waals surface area contributed by atoms with Crippen LogP contribution in [0.25, 0.3) is 16.6 Å². The van der Waals surface area contributed by atoms with E-state index in [0.29, 0.717) is 5.69 Å². The van der Waals surface area contributed by atoms with Crippen molar-refractivity contribution in [2.75, 3.05) is 0 Å². The van der Waals surface area contributed by atoms with Crippen LogP contribution in [0.1, 0.15) is 30.6 Å². The van der Waals surface area contributed by atoms with Gasteiger partial charge in [0.15, 0.2) is 0 Å². The Bertz CT molecular complexity index is 1150. The minimum absolute atomic E-state index is 0.162. The lowest BCUT2D eigenvalue weighted by molar-refractivity contribution is -0.122. The van der Waals surface area contributed by atoms with Crippen LogP contribution in [0.15, 0.2) is 58.1 Å². The molecule has 8 nitrogen and oxygen atoms in total. The Balaban J connectivity index is 1.91. The number of hydrogen-bond acceptors (Lipinski definition) is 4. The van der Waals surface area contributed by atoms with E-state index in [0.717, 1.165) is 4.57 Å². The Labute approximate surface area is 160 Å². The highest BCUT2D eigenvalue weighted by molar-refractivity contribution is 5.98. The molecule has 28 heavy (non-hydrogen) atoms. The van der Waals surface area contributed by atoms with Gasteiger partial charge < -0.3 is 4.98 Å². The lowest BCUT2D eigenvalue weighted by Gasteiger charge is -2.10. The van der Waals surface area contributed by atoms with Crippen LogP contribution in [0.3, 0.4) is 0 Å². The van der Waals surface area contributed by atoms with Crippen LogP contribution in [-0.4, -0.2) is 21.4 Å². The fourth-order valence-electron chi connectivity index (χ4n) is 2.79. The van der Waals surface area contributed by atoms with E-state index in [1.807, 2.05) is 13.8 Å². The van der Waals surface area contributed by atoms with Gasteiger partial charge in [0.25, 0.3) is 11.5 Å². The van der Waals surface area contributed by atoms with Crippen LogP contribution in [0.4, 0.5) is 0 Å². The number of rotatable bonds is 4. The molecular weight excluding hydrogens is 360 g/mol. The third-order valence-electron chi connectivity index (χ3n) is 4.08. The zero-order chi connectivity index (χ0) is 20.3. The molecule has 144 valence electrons.